The Morgan fingerprint density at radius 2 is 1.78 bits per heavy atom. The van der Waals surface area contributed by atoms with Gasteiger partial charge in [-0.25, -0.2) is 9.48 Å². The van der Waals surface area contributed by atoms with Gasteiger partial charge in [0.1, 0.15) is 18.1 Å². The third-order valence-corrected chi connectivity index (χ3v) is 5.56. The lowest BCUT2D eigenvalue weighted by Gasteiger charge is -2.22. The van der Waals surface area contributed by atoms with Crippen LogP contribution in [0.5, 0.6) is 5.75 Å². The average molecular weight is 514 g/mol. The zero-order valence-corrected chi connectivity index (χ0v) is 21.9. The summed E-state index contributed by atoms with van der Waals surface area (Å²) in [5.41, 5.74) is 1.86. The lowest BCUT2D eigenvalue weighted by atomic mass is 9.92. The van der Waals surface area contributed by atoms with Gasteiger partial charge in [-0.05, 0) is 42.5 Å². The molecule has 2 N–H and O–H groups in total. The normalized spacial score (nSPS) is 11.2. The molecule has 10 heteroatoms. The van der Waals surface area contributed by atoms with Crippen molar-refractivity contribution in [3.63, 3.8) is 0 Å². The Morgan fingerprint density at radius 3 is 2.39 bits per heavy atom. The summed E-state index contributed by atoms with van der Waals surface area (Å²) in [6, 6.07) is 15.6. The number of urea groups is 1. The molecule has 3 amide bonds. The van der Waals surface area contributed by atoms with Gasteiger partial charge in [0.25, 0.3) is 0 Å². The molecule has 0 aliphatic rings. The second-order valence-corrected chi connectivity index (χ2v) is 9.61. The summed E-state index contributed by atoms with van der Waals surface area (Å²) in [6.45, 7) is 6.45. The van der Waals surface area contributed by atoms with E-state index < -0.39 is 6.03 Å². The van der Waals surface area contributed by atoms with Crippen molar-refractivity contribution in [3.8, 4) is 11.4 Å². The lowest BCUT2D eigenvalue weighted by Crippen LogP contribution is -2.42. The molecule has 0 bridgehead atoms. The molecule has 0 saturated heterocycles. The third kappa shape index (κ3) is 7.22. The van der Waals surface area contributed by atoms with Gasteiger partial charge in [0.05, 0.1) is 25.1 Å². The summed E-state index contributed by atoms with van der Waals surface area (Å²) in [6.07, 6.45) is 0. The molecule has 9 nitrogen and oxygen atoms in total. The Morgan fingerprint density at radius 1 is 1.06 bits per heavy atom. The summed E-state index contributed by atoms with van der Waals surface area (Å²) in [4.78, 5) is 27.4. The van der Waals surface area contributed by atoms with Gasteiger partial charge in [0.2, 0.25) is 5.91 Å². The Balaban J connectivity index is 1.80. The minimum Gasteiger partial charge on any atom is -0.497 e. The van der Waals surface area contributed by atoms with Gasteiger partial charge in [-0.3, -0.25) is 4.79 Å². The molecule has 1 heterocycles. The van der Waals surface area contributed by atoms with Gasteiger partial charge in [-0.1, -0.05) is 38.4 Å². The van der Waals surface area contributed by atoms with E-state index in [0.717, 1.165) is 11.4 Å². The molecule has 0 aliphatic carbocycles. The van der Waals surface area contributed by atoms with Gasteiger partial charge in [0.15, 0.2) is 0 Å². The van der Waals surface area contributed by atoms with E-state index in [0.29, 0.717) is 22.3 Å². The SMILES string of the molecule is COCCN(CC(=O)Nc1cc(C(C)(C)C)nn1-c1ccc(OC)cc1)C(=O)Nc1cccc(Cl)c1. The number of aromatic nitrogens is 2. The monoisotopic (exact) mass is 513 g/mol. The van der Waals surface area contributed by atoms with E-state index in [2.05, 4.69) is 10.6 Å². The first kappa shape index (κ1) is 27.0. The smallest absolute Gasteiger partial charge is 0.322 e. The number of carbonyl (C=O) groups is 2. The number of halogens is 1. The molecule has 3 rings (SSSR count). The second kappa shape index (κ2) is 11.9. The van der Waals surface area contributed by atoms with Crippen LogP contribution in [-0.2, 0) is 14.9 Å². The molecular weight excluding hydrogens is 482 g/mol. The molecule has 1 aromatic heterocycles. The topological polar surface area (TPSA) is 97.7 Å². The minimum atomic E-state index is -0.441. The van der Waals surface area contributed by atoms with E-state index in [4.69, 9.17) is 26.2 Å². The Labute approximate surface area is 216 Å². The average Bonchev–Trinajstić information content (AvgIpc) is 3.26. The van der Waals surface area contributed by atoms with Crippen LogP contribution in [0.1, 0.15) is 26.5 Å². The molecule has 36 heavy (non-hydrogen) atoms. The second-order valence-electron chi connectivity index (χ2n) is 9.18. The Bertz CT molecular complexity index is 1190. The highest BCUT2D eigenvalue weighted by molar-refractivity contribution is 6.30. The molecule has 0 unspecified atom stereocenters. The predicted molar refractivity (Wildman–Crippen MR) is 141 cm³/mol. The Kier molecular flexibility index (Phi) is 8.95. The summed E-state index contributed by atoms with van der Waals surface area (Å²) in [5, 5.41) is 10.9. The fraction of sp³-hybridized carbons (Fsp3) is 0.346. The van der Waals surface area contributed by atoms with Crippen LogP contribution in [-0.4, -0.2) is 60.5 Å². The molecule has 3 aromatic rings. The molecule has 192 valence electrons. The molecule has 0 atom stereocenters. The summed E-state index contributed by atoms with van der Waals surface area (Å²) >= 11 is 6.02. The number of hydrogen-bond donors (Lipinski definition) is 2. The minimum absolute atomic E-state index is 0.186. The predicted octanol–water partition coefficient (Wildman–Crippen LogP) is 4.95. The molecule has 0 saturated carbocycles. The number of rotatable bonds is 9. The zero-order chi connectivity index (χ0) is 26.3. The van der Waals surface area contributed by atoms with Crippen molar-refractivity contribution in [3.05, 3.63) is 65.3 Å². The maximum Gasteiger partial charge on any atom is 0.322 e. The highest BCUT2D eigenvalue weighted by atomic mass is 35.5. The van der Waals surface area contributed by atoms with Crippen molar-refractivity contribution in [1.29, 1.82) is 0 Å². The maximum atomic E-state index is 13.1. The van der Waals surface area contributed by atoms with Gasteiger partial charge in [-0.2, -0.15) is 5.10 Å². The van der Waals surface area contributed by atoms with Crippen molar-refractivity contribution < 1.29 is 19.1 Å². The van der Waals surface area contributed by atoms with Crippen LogP contribution in [0, 0.1) is 0 Å². The van der Waals surface area contributed by atoms with Gasteiger partial charge >= 0.3 is 6.03 Å². The lowest BCUT2D eigenvalue weighted by molar-refractivity contribution is -0.116. The first-order valence-corrected chi connectivity index (χ1v) is 11.8. The number of nitrogens with zero attached hydrogens (tertiary/aromatic N) is 3. The number of methoxy groups -OCH3 is 2. The fourth-order valence-electron chi connectivity index (χ4n) is 3.34. The van der Waals surface area contributed by atoms with Crippen molar-refractivity contribution in [1.82, 2.24) is 14.7 Å². The summed E-state index contributed by atoms with van der Waals surface area (Å²) in [5.74, 6) is 0.839. The quantitative estimate of drug-likeness (QED) is 0.422. The Hall–Kier alpha value is -3.56. The molecular formula is C26H32ClN5O4. The maximum absolute atomic E-state index is 13.1. The van der Waals surface area contributed by atoms with Gasteiger partial charge in [-0.15, -0.1) is 0 Å². The number of hydrogen-bond acceptors (Lipinski definition) is 5. The van der Waals surface area contributed by atoms with Crippen molar-refractivity contribution in [2.24, 2.45) is 0 Å². The van der Waals surface area contributed by atoms with Crippen LogP contribution < -0.4 is 15.4 Å². The standard InChI is InChI=1S/C26H32ClN5O4/c1-26(2,3)22-16-23(32(30-22)20-9-11-21(36-5)12-10-20)29-24(33)17-31(13-14-35-4)25(34)28-19-8-6-7-18(27)15-19/h6-12,15-16H,13-14,17H2,1-5H3,(H,28,34)(H,29,33). The van der Waals surface area contributed by atoms with Crippen LogP contribution in [0.3, 0.4) is 0 Å². The fourth-order valence-corrected chi connectivity index (χ4v) is 3.53. The number of carbonyl (C=O) groups excluding carboxylic acids is 2. The number of ether oxygens (including phenoxy) is 2. The molecule has 2 aromatic carbocycles. The van der Waals surface area contributed by atoms with E-state index in [-0.39, 0.29) is 31.0 Å². The first-order valence-electron chi connectivity index (χ1n) is 11.5. The van der Waals surface area contributed by atoms with Crippen molar-refractivity contribution in [2.45, 2.75) is 26.2 Å². The van der Waals surface area contributed by atoms with E-state index in [1.807, 2.05) is 51.1 Å². The highest BCUT2D eigenvalue weighted by Crippen LogP contribution is 2.27. The molecule has 0 aliphatic heterocycles. The molecule has 0 spiro atoms. The van der Waals surface area contributed by atoms with E-state index in [9.17, 15) is 9.59 Å². The van der Waals surface area contributed by atoms with Gasteiger partial charge < -0.3 is 25.0 Å². The molecule has 0 radical (unpaired) electrons. The van der Waals surface area contributed by atoms with Crippen molar-refractivity contribution in [2.75, 3.05) is 44.5 Å². The largest absolute Gasteiger partial charge is 0.497 e. The summed E-state index contributed by atoms with van der Waals surface area (Å²) < 4.78 is 12.0. The first-order chi connectivity index (χ1) is 17.1. The van der Waals surface area contributed by atoms with Crippen LogP contribution in [0.15, 0.2) is 54.6 Å². The zero-order valence-electron chi connectivity index (χ0n) is 21.2. The van der Waals surface area contributed by atoms with Crippen LogP contribution in [0.4, 0.5) is 16.3 Å². The number of anilines is 2. The van der Waals surface area contributed by atoms with E-state index in [1.165, 1.54) is 12.0 Å². The number of amides is 3. The molecule has 0 fully saturated rings. The third-order valence-electron chi connectivity index (χ3n) is 5.33. The van der Waals surface area contributed by atoms with Crippen LogP contribution in [0.2, 0.25) is 5.02 Å². The number of nitrogens with one attached hydrogen (secondary N) is 2. The van der Waals surface area contributed by atoms with E-state index >= 15 is 0 Å². The van der Waals surface area contributed by atoms with Crippen molar-refractivity contribution >= 4 is 35.0 Å². The van der Waals surface area contributed by atoms with Crippen LogP contribution >= 0.6 is 11.6 Å². The van der Waals surface area contributed by atoms with E-state index in [1.54, 1.807) is 36.1 Å². The van der Waals surface area contributed by atoms with Gasteiger partial charge in [0, 0.05) is 35.8 Å². The summed E-state index contributed by atoms with van der Waals surface area (Å²) in [7, 11) is 3.14. The number of benzene rings is 2. The highest BCUT2D eigenvalue weighted by Gasteiger charge is 2.23. The van der Waals surface area contributed by atoms with Crippen LogP contribution in [0.25, 0.3) is 5.69 Å².